The summed E-state index contributed by atoms with van der Waals surface area (Å²) in [5.74, 6) is -3.56. The maximum atomic E-state index is 14.7. The van der Waals surface area contributed by atoms with Crippen molar-refractivity contribution in [1.29, 1.82) is 0 Å². The van der Waals surface area contributed by atoms with E-state index in [1.807, 2.05) is 4.72 Å². The number of carbonyl (C=O) groups excluding carboxylic acids is 4. The van der Waals surface area contributed by atoms with Gasteiger partial charge in [0.05, 0.1) is 28.6 Å². The van der Waals surface area contributed by atoms with Crippen molar-refractivity contribution in [1.82, 2.24) is 29.8 Å². The molecule has 4 aliphatic carbocycles. The van der Waals surface area contributed by atoms with Crippen LogP contribution in [-0.4, -0.2) is 94.7 Å². The van der Waals surface area contributed by atoms with E-state index in [2.05, 4.69) is 15.6 Å². The molecule has 5 fully saturated rings. The second-order valence-corrected chi connectivity index (χ2v) is 20.5. The van der Waals surface area contributed by atoms with Crippen LogP contribution in [-0.2, 0) is 35.7 Å². The summed E-state index contributed by atoms with van der Waals surface area (Å²) in [6, 6.07) is 1.96. The Bertz CT molecular complexity index is 2200. The molecule has 9 atom stereocenters. The van der Waals surface area contributed by atoms with Gasteiger partial charge in [0.1, 0.15) is 29.8 Å². The first-order valence-corrected chi connectivity index (χ1v) is 22.1. The first kappa shape index (κ1) is 40.7. The van der Waals surface area contributed by atoms with Gasteiger partial charge in [-0.25, -0.2) is 22.0 Å². The van der Waals surface area contributed by atoms with Crippen LogP contribution >= 0.6 is 11.6 Å². The Balaban J connectivity index is 1.14. The number of benzene rings is 1. The van der Waals surface area contributed by atoms with Gasteiger partial charge in [-0.15, -0.1) is 0 Å². The van der Waals surface area contributed by atoms with E-state index in [4.69, 9.17) is 21.1 Å². The molecule has 3 N–H and O–H groups in total. The lowest BCUT2D eigenvalue weighted by molar-refractivity contribution is -0.143. The summed E-state index contributed by atoms with van der Waals surface area (Å²) in [5.41, 5.74) is -3.28. The molecule has 3 heterocycles. The smallest absolute Gasteiger partial charge is 0.408 e. The second-order valence-electron chi connectivity index (χ2n) is 18.1. The number of hydrogen-bond donors (Lipinski definition) is 3. The number of aromatic nitrogens is 2. The van der Waals surface area contributed by atoms with Gasteiger partial charge >= 0.3 is 6.09 Å². The molecule has 8 rings (SSSR count). The summed E-state index contributed by atoms with van der Waals surface area (Å²) in [7, 11) is -4.16. The van der Waals surface area contributed by atoms with Crippen molar-refractivity contribution in [3.63, 3.8) is 0 Å². The number of ether oxygens (including phenoxy) is 2. The zero-order valence-electron chi connectivity index (χ0n) is 32.5. The number of nitrogens with zero attached hydrogens (tertiary/aromatic N) is 3. The maximum Gasteiger partial charge on any atom is 0.408 e. The van der Waals surface area contributed by atoms with Gasteiger partial charge < -0.3 is 25.0 Å². The quantitative estimate of drug-likeness (QED) is 0.384. The Labute approximate surface area is 339 Å². The zero-order valence-corrected chi connectivity index (χ0v) is 34.1. The third kappa shape index (κ3) is 7.86. The third-order valence-corrected chi connectivity index (χ3v) is 14.9. The number of alkyl carbamates (subject to hydrolysis) is 1. The van der Waals surface area contributed by atoms with E-state index in [0.717, 1.165) is 32.1 Å². The zero-order chi connectivity index (χ0) is 41.5. The summed E-state index contributed by atoms with van der Waals surface area (Å²) in [5, 5.41) is 5.00. The third-order valence-electron chi connectivity index (χ3n) is 12.9. The predicted molar refractivity (Wildman–Crippen MR) is 205 cm³/mol. The molecule has 0 radical (unpaired) electrons. The summed E-state index contributed by atoms with van der Waals surface area (Å²) in [6.45, 7) is 5.18. The van der Waals surface area contributed by atoms with Gasteiger partial charge in [-0.1, -0.05) is 45.2 Å². The Morgan fingerprint density at radius 1 is 1.03 bits per heavy atom. The van der Waals surface area contributed by atoms with Gasteiger partial charge in [-0.3, -0.25) is 28.5 Å². The van der Waals surface area contributed by atoms with Gasteiger partial charge in [0.25, 0.3) is 17.5 Å². The fourth-order valence-electron chi connectivity index (χ4n) is 9.31. The van der Waals surface area contributed by atoms with Crippen molar-refractivity contribution < 1.29 is 45.9 Å². The van der Waals surface area contributed by atoms with Crippen LogP contribution in [0.4, 0.5) is 13.6 Å². The van der Waals surface area contributed by atoms with Crippen LogP contribution in [0.3, 0.4) is 0 Å². The molecule has 1 aromatic carbocycles. The van der Waals surface area contributed by atoms with Crippen molar-refractivity contribution in [2.24, 2.45) is 29.1 Å². The Hall–Kier alpha value is -4.06. The summed E-state index contributed by atoms with van der Waals surface area (Å²) in [6.07, 6.45) is -0.446. The van der Waals surface area contributed by atoms with Gasteiger partial charge in [-0.2, -0.15) is 4.98 Å². The molecule has 15 nitrogen and oxygen atoms in total. The molecule has 19 heteroatoms. The van der Waals surface area contributed by atoms with Crippen molar-refractivity contribution in [2.75, 3.05) is 6.54 Å². The number of carbonyl (C=O) groups is 4. The van der Waals surface area contributed by atoms with Crippen LogP contribution in [0.15, 0.2) is 23.0 Å². The normalized spacial score (nSPS) is 32.8. The van der Waals surface area contributed by atoms with Crippen molar-refractivity contribution in [3.05, 3.63) is 33.6 Å². The van der Waals surface area contributed by atoms with E-state index >= 15 is 0 Å². The lowest BCUT2D eigenvalue weighted by Crippen LogP contribution is -2.60. The lowest BCUT2D eigenvalue weighted by Gasteiger charge is -2.36. The van der Waals surface area contributed by atoms with E-state index in [1.54, 1.807) is 32.9 Å². The number of halogens is 3. The predicted octanol–water partition coefficient (Wildman–Crippen LogP) is 3.89. The number of alkyl halides is 2. The van der Waals surface area contributed by atoms with E-state index in [-0.39, 0.29) is 48.6 Å². The minimum Gasteiger partial charge on any atom is -0.459 e. The number of amides is 4. The highest BCUT2D eigenvalue weighted by Gasteiger charge is 2.67. The molecule has 2 aliphatic heterocycles. The fraction of sp³-hybridized carbons (Fsp3) is 0.692. The average Bonchev–Trinajstić information content (AvgIpc) is 4.08. The molecule has 0 spiro atoms. The van der Waals surface area contributed by atoms with E-state index < -0.39 is 87.0 Å². The fourth-order valence-corrected chi connectivity index (χ4v) is 10.8. The molecule has 6 aliphatic rings. The number of sulfonamides is 1. The highest BCUT2D eigenvalue weighted by molar-refractivity contribution is 7.91. The first-order valence-electron chi connectivity index (χ1n) is 20.2. The van der Waals surface area contributed by atoms with Gasteiger partial charge in [-0.05, 0) is 86.3 Å². The number of fused-ring (bicyclic) bond motifs is 7. The highest BCUT2D eigenvalue weighted by Crippen LogP contribution is 2.58. The minimum atomic E-state index is -4.16. The van der Waals surface area contributed by atoms with E-state index in [9.17, 15) is 41.2 Å². The number of hydrogen-bond acceptors (Lipinski definition) is 10. The van der Waals surface area contributed by atoms with E-state index in [0.29, 0.717) is 41.5 Å². The van der Waals surface area contributed by atoms with Gasteiger partial charge in [0.15, 0.2) is 0 Å². The molecule has 1 unspecified atom stereocenters. The minimum absolute atomic E-state index is 0.0637. The van der Waals surface area contributed by atoms with Crippen LogP contribution < -0.4 is 25.7 Å². The molecule has 1 saturated heterocycles. The van der Waals surface area contributed by atoms with Gasteiger partial charge in [0.2, 0.25) is 28.3 Å². The van der Waals surface area contributed by atoms with Crippen molar-refractivity contribution in [2.45, 2.75) is 133 Å². The van der Waals surface area contributed by atoms with Crippen LogP contribution in [0.1, 0.15) is 85.0 Å². The summed E-state index contributed by atoms with van der Waals surface area (Å²) in [4.78, 5) is 75.9. The standard InChI is InChI=1S/C39H49ClF2N6O9S/c1-38(2,3)30-34(51)48-18-21(16-28(48)32(49)45-39(17-26(39)31(41)42)35(52)46-58(54,55)22-9-10-22)56-36-43-27-15-20(40)8-11-24(27)33(50)47(36)12-6-4-5-7-23-25-13-19(25)14-29(23)57-37(53)44-30/h8,11,15,19,21-23,25-26,28-31H,4-7,9-10,12-14,16-18H2,1-3H3,(H,44,53)(H,45,49)(H,46,52)/t19?,21-,23-,25+,26+,28+,29-,30-,39-/m1/s1. The molecular weight excluding hydrogens is 802 g/mol. The first-order chi connectivity index (χ1) is 27.4. The number of rotatable bonds is 6. The van der Waals surface area contributed by atoms with Crippen LogP contribution in [0.2, 0.25) is 5.02 Å². The van der Waals surface area contributed by atoms with Crippen molar-refractivity contribution in [3.8, 4) is 6.01 Å². The largest absolute Gasteiger partial charge is 0.459 e. The Kier molecular flexibility index (Phi) is 10.4. The van der Waals surface area contributed by atoms with Crippen LogP contribution in [0.25, 0.3) is 10.9 Å². The van der Waals surface area contributed by atoms with Gasteiger partial charge in [0, 0.05) is 18.0 Å². The second kappa shape index (κ2) is 14.9. The molecule has 4 amide bonds. The highest BCUT2D eigenvalue weighted by atomic mass is 35.5. The Morgan fingerprint density at radius 2 is 1.79 bits per heavy atom. The maximum absolute atomic E-state index is 14.7. The van der Waals surface area contributed by atoms with Crippen LogP contribution in [0, 0.1) is 29.1 Å². The molecule has 316 valence electrons. The lowest BCUT2D eigenvalue weighted by atomic mass is 9.85. The molecule has 2 bridgehead atoms. The number of nitrogens with one attached hydrogen (secondary N) is 3. The Morgan fingerprint density at radius 3 is 2.48 bits per heavy atom. The molecule has 58 heavy (non-hydrogen) atoms. The average molecular weight is 851 g/mol. The van der Waals surface area contributed by atoms with Crippen LogP contribution in [0.5, 0.6) is 6.01 Å². The van der Waals surface area contributed by atoms with Crippen molar-refractivity contribution >= 4 is 56.3 Å². The molecular formula is C39H49ClF2N6O9S. The monoisotopic (exact) mass is 850 g/mol. The molecule has 1 aromatic heterocycles. The summed E-state index contributed by atoms with van der Waals surface area (Å²) < 4.78 is 69.5. The SMILES string of the molecule is CC(C)(C)[C@@H]1NC(=O)O[C@@H]2CC3C[C@@H]3[C@H]2CCCCCn2c(nc3cc(Cl)ccc3c2=O)O[C@@H]2C[C@@H](C(=O)N[C@]3(C(=O)NS(=O)(=O)C4CC4)C[C@H]3C(F)F)N(C2)C1=O. The summed E-state index contributed by atoms with van der Waals surface area (Å²) >= 11 is 6.27. The van der Waals surface area contributed by atoms with E-state index in [1.165, 1.54) is 15.5 Å². The molecule has 2 aromatic rings. The molecule has 4 saturated carbocycles. The topological polar surface area (TPSA) is 195 Å².